The molecular weight excluding hydrogens is 441 g/mol. The number of carbonyl (C=O) groups is 1. The number of piperidine rings is 1. The molecule has 1 aromatic carbocycles. The summed E-state index contributed by atoms with van der Waals surface area (Å²) in [6, 6.07) is 4.69. The molecule has 2 rings (SSSR count). The molecule has 23 heavy (non-hydrogen) atoms. The molecule has 1 amide bonds. The van der Waals surface area contributed by atoms with E-state index in [2.05, 4.69) is 37.2 Å². The summed E-state index contributed by atoms with van der Waals surface area (Å²) in [5.41, 5.74) is 0.592. The van der Waals surface area contributed by atoms with Gasteiger partial charge in [0, 0.05) is 15.5 Å². The summed E-state index contributed by atoms with van der Waals surface area (Å²) in [6.45, 7) is 2.02. The Bertz CT molecular complexity index is 580. The maximum Gasteiger partial charge on any atom is 0.393 e. The fraction of sp³-hybridized carbons (Fsp3) is 0.533. The van der Waals surface area contributed by atoms with Gasteiger partial charge in [-0.25, -0.2) is 0 Å². The van der Waals surface area contributed by atoms with E-state index in [4.69, 9.17) is 0 Å². The molecule has 1 fully saturated rings. The van der Waals surface area contributed by atoms with Crippen LogP contribution < -0.4 is 5.32 Å². The minimum absolute atomic E-state index is 0.125. The minimum Gasteiger partial charge on any atom is -0.324 e. The van der Waals surface area contributed by atoms with Gasteiger partial charge in [-0.05, 0) is 60.4 Å². The van der Waals surface area contributed by atoms with Gasteiger partial charge in [0.25, 0.3) is 0 Å². The van der Waals surface area contributed by atoms with Crippen LogP contribution in [0.3, 0.4) is 0 Å². The maximum absolute atomic E-state index is 12.9. The number of anilines is 1. The lowest BCUT2D eigenvalue weighted by molar-refractivity contribution is -0.188. The fourth-order valence-electron chi connectivity index (χ4n) is 2.62. The number of carbonyl (C=O) groups excluding carboxylic acids is 1. The lowest BCUT2D eigenvalue weighted by Gasteiger charge is -2.36. The first-order valence-corrected chi connectivity index (χ1v) is 8.83. The zero-order chi connectivity index (χ0) is 17.2. The van der Waals surface area contributed by atoms with Crippen molar-refractivity contribution in [1.82, 2.24) is 4.90 Å². The zero-order valence-corrected chi connectivity index (χ0v) is 15.6. The quantitative estimate of drug-likeness (QED) is 0.706. The summed E-state index contributed by atoms with van der Waals surface area (Å²) in [5.74, 6) is -1.67. The molecule has 1 aliphatic heterocycles. The van der Waals surface area contributed by atoms with Gasteiger partial charge in [-0.2, -0.15) is 13.2 Å². The number of benzene rings is 1. The second-order valence-electron chi connectivity index (χ2n) is 5.67. The van der Waals surface area contributed by atoms with Gasteiger partial charge in [-0.3, -0.25) is 9.69 Å². The lowest BCUT2D eigenvalue weighted by atomic mass is 9.96. The predicted molar refractivity (Wildman–Crippen MR) is 90.3 cm³/mol. The number of amides is 1. The molecular formula is C15H17Br2F3N2O. The van der Waals surface area contributed by atoms with Crippen molar-refractivity contribution in [2.45, 2.75) is 32.0 Å². The van der Waals surface area contributed by atoms with Crippen LogP contribution >= 0.6 is 31.9 Å². The van der Waals surface area contributed by atoms with E-state index in [1.54, 1.807) is 30.0 Å². The molecule has 0 bridgehead atoms. The van der Waals surface area contributed by atoms with Gasteiger partial charge >= 0.3 is 6.18 Å². The molecule has 1 aliphatic rings. The lowest BCUT2D eigenvalue weighted by Crippen LogP contribution is -2.49. The highest BCUT2D eigenvalue weighted by atomic mass is 79.9. The van der Waals surface area contributed by atoms with Gasteiger partial charge in [0.05, 0.1) is 17.6 Å². The van der Waals surface area contributed by atoms with E-state index < -0.39 is 18.1 Å². The van der Waals surface area contributed by atoms with Crippen molar-refractivity contribution < 1.29 is 18.0 Å². The zero-order valence-electron chi connectivity index (χ0n) is 12.5. The number of hydrogen-bond acceptors (Lipinski definition) is 2. The molecule has 1 aromatic rings. The second kappa shape index (κ2) is 7.53. The number of alkyl halides is 3. The molecule has 1 saturated heterocycles. The third-order valence-electron chi connectivity index (χ3n) is 4.03. The first-order valence-electron chi connectivity index (χ1n) is 7.25. The van der Waals surface area contributed by atoms with Crippen molar-refractivity contribution in [3.8, 4) is 0 Å². The summed E-state index contributed by atoms with van der Waals surface area (Å²) >= 11 is 6.67. The Morgan fingerprint density at radius 2 is 2.09 bits per heavy atom. The Kier molecular flexibility index (Phi) is 6.13. The second-order valence-corrected chi connectivity index (χ2v) is 7.44. The Labute approximate surface area is 149 Å². The molecule has 0 aliphatic carbocycles. The Hall–Kier alpha value is -0.600. The number of rotatable bonds is 3. The van der Waals surface area contributed by atoms with Gasteiger partial charge in [0.1, 0.15) is 0 Å². The topological polar surface area (TPSA) is 32.3 Å². The van der Waals surface area contributed by atoms with E-state index >= 15 is 0 Å². The number of nitrogens with one attached hydrogen (secondary N) is 1. The molecule has 1 N–H and O–H groups in total. The first-order chi connectivity index (χ1) is 10.7. The highest BCUT2D eigenvalue weighted by Gasteiger charge is 2.43. The monoisotopic (exact) mass is 456 g/mol. The number of likely N-dealkylation sites (tertiary alicyclic amines) is 1. The van der Waals surface area contributed by atoms with Crippen molar-refractivity contribution in [3.05, 3.63) is 27.1 Å². The molecule has 128 valence electrons. The largest absolute Gasteiger partial charge is 0.393 e. The molecule has 2 unspecified atom stereocenters. The van der Waals surface area contributed by atoms with Crippen molar-refractivity contribution in [2.24, 2.45) is 5.92 Å². The van der Waals surface area contributed by atoms with Gasteiger partial charge in [0.2, 0.25) is 5.91 Å². The van der Waals surface area contributed by atoms with Gasteiger partial charge in [-0.15, -0.1) is 0 Å². The van der Waals surface area contributed by atoms with E-state index in [1.807, 2.05) is 0 Å². The van der Waals surface area contributed by atoms with Crippen molar-refractivity contribution >= 4 is 43.5 Å². The molecule has 0 aromatic heterocycles. The van der Waals surface area contributed by atoms with E-state index in [-0.39, 0.29) is 18.9 Å². The van der Waals surface area contributed by atoms with Crippen LogP contribution in [-0.2, 0) is 4.79 Å². The predicted octanol–water partition coefficient (Wildman–Crippen LogP) is 4.81. The van der Waals surface area contributed by atoms with E-state index in [0.717, 1.165) is 4.47 Å². The van der Waals surface area contributed by atoms with Crippen molar-refractivity contribution in [2.75, 3.05) is 18.4 Å². The molecule has 1 heterocycles. The third-order valence-corrected chi connectivity index (χ3v) is 5.18. The molecule has 0 saturated carbocycles. The maximum atomic E-state index is 12.9. The molecule has 0 radical (unpaired) electrons. The standard InChI is InChI=1S/C15H17Br2F3N2O/c1-9(22-6-2-3-10(8-22)15(18,19)20)14(23)21-13-5-4-11(16)7-12(13)17/h4-5,7,9-10H,2-3,6,8H2,1H3,(H,21,23). The highest BCUT2D eigenvalue weighted by Crippen LogP contribution is 2.34. The van der Waals surface area contributed by atoms with Crippen molar-refractivity contribution in [3.63, 3.8) is 0 Å². The Morgan fingerprint density at radius 1 is 1.39 bits per heavy atom. The third kappa shape index (κ3) is 4.93. The van der Waals surface area contributed by atoms with Crippen LogP contribution in [0.15, 0.2) is 27.1 Å². The van der Waals surface area contributed by atoms with Crippen LogP contribution in [0.4, 0.5) is 18.9 Å². The van der Waals surface area contributed by atoms with Crippen LogP contribution in [0.1, 0.15) is 19.8 Å². The van der Waals surface area contributed by atoms with E-state index in [9.17, 15) is 18.0 Å². The molecule has 8 heteroatoms. The average Bonchev–Trinajstić information content (AvgIpc) is 2.48. The summed E-state index contributed by atoms with van der Waals surface area (Å²) in [4.78, 5) is 13.9. The van der Waals surface area contributed by atoms with Crippen LogP contribution in [-0.4, -0.2) is 36.1 Å². The van der Waals surface area contributed by atoms with Crippen LogP contribution in [0.2, 0.25) is 0 Å². The van der Waals surface area contributed by atoms with Gasteiger partial charge < -0.3 is 5.32 Å². The van der Waals surface area contributed by atoms with Crippen molar-refractivity contribution in [1.29, 1.82) is 0 Å². The Balaban J connectivity index is 2.01. The molecule has 3 nitrogen and oxygen atoms in total. The minimum atomic E-state index is -4.20. The summed E-state index contributed by atoms with van der Waals surface area (Å²) in [7, 11) is 0. The van der Waals surface area contributed by atoms with E-state index in [1.165, 1.54) is 0 Å². The van der Waals surface area contributed by atoms with Gasteiger partial charge in [-0.1, -0.05) is 15.9 Å². The molecule has 0 spiro atoms. The molecule has 2 atom stereocenters. The van der Waals surface area contributed by atoms with Crippen LogP contribution in [0.25, 0.3) is 0 Å². The normalized spacial score (nSPS) is 21.0. The highest BCUT2D eigenvalue weighted by molar-refractivity contribution is 9.11. The van der Waals surface area contributed by atoms with E-state index in [0.29, 0.717) is 23.1 Å². The van der Waals surface area contributed by atoms with Crippen LogP contribution in [0, 0.1) is 5.92 Å². The number of hydrogen-bond donors (Lipinski definition) is 1. The summed E-state index contributed by atoms with van der Waals surface area (Å²) < 4.78 is 40.2. The first kappa shape index (κ1) is 18.7. The SMILES string of the molecule is CC(C(=O)Nc1ccc(Br)cc1Br)N1CCCC(C(F)(F)F)C1. The number of nitrogens with zero attached hydrogens (tertiary/aromatic N) is 1. The smallest absolute Gasteiger partial charge is 0.324 e. The number of halogens is 5. The van der Waals surface area contributed by atoms with Crippen LogP contribution in [0.5, 0.6) is 0 Å². The van der Waals surface area contributed by atoms with Gasteiger partial charge in [0.15, 0.2) is 0 Å². The summed E-state index contributed by atoms with van der Waals surface area (Å²) in [5, 5.41) is 2.76. The fourth-order valence-corrected chi connectivity index (χ4v) is 3.77. The Morgan fingerprint density at radius 3 is 2.70 bits per heavy atom. The summed E-state index contributed by atoms with van der Waals surface area (Å²) in [6.07, 6.45) is -3.63. The average molecular weight is 458 g/mol.